The van der Waals surface area contributed by atoms with Gasteiger partial charge in [-0.1, -0.05) is 31.5 Å². The van der Waals surface area contributed by atoms with Crippen molar-refractivity contribution in [3.63, 3.8) is 0 Å². The Morgan fingerprint density at radius 2 is 1.88 bits per heavy atom. The van der Waals surface area contributed by atoms with Gasteiger partial charge in [-0.05, 0) is 37.8 Å². The predicted molar refractivity (Wildman–Crippen MR) is 91.4 cm³/mol. The molecule has 1 heterocycles. The van der Waals surface area contributed by atoms with Crippen LogP contribution in [-0.4, -0.2) is 36.3 Å². The molecule has 0 spiro atoms. The van der Waals surface area contributed by atoms with E-state index in [0.29, 0.717) is 18.5 Å². The molecule has 0 saturated carbocycles. The van der Waals surface area contributed by atoms with Crippen LogP contribution in [0.3, 0.4) is 0 Å². The zero-order valence-electron chi connectivity index (χ0n) is 14.4. The normalized spacial score (nSPS) is 18.7. The maximum Gasteiger partial charge on any atom is 0.251 e. The van der Waals surface area contributed by atoms with Crippen LogP contribution < -0.4 is 16.0 Å². The summed E-state index contributed by atoms with van der Waals surface area (Å²) in [4.78, 5) is 36.7. The van der Waals surface area contributed by atoms with Crippen LogP contribution >= 0.6 is 0 Å². The third-order valence-electron chi connectivity index (χ3n) is 4.15. The molecule has 2 rings (SSSR count). The Hall–Kier alpha value is -2.37. The smallest absolute Gasteiger partial charge is 0.251 e. The number of piperidine rings is 1. The third-order valence-corrected chi connectivity index (χ3v) is 4.15. The van der Waals surface area contributed by atoms with Gasteiger partial charge in [0.25, 0.3) is 5.91 Å². The molecule has 1 aliphatic heterocycles. The molecule has 0 aliphatic carbocycles. The first-order chi connectivity index (χ1) is 11.4. The van der Waals surface area contributed by atoms with Crippen LogP contribution in [0.5, 0.6) is 0 Å². The van der Waals surface area contributed by atoms with Gasteiger partial charge in [0.2, 0.25) is 11.8 Å². The van der Waals surface area contributed by atoms with E-state index in [2.05, 4.69) is 16.0 Å². The Balaban J connectivity index is 2.02. The van der Waals surface area contributed by atoms with Gasteiger partial charge in [0.15, 0.2) is 0 Å². The van der Waals surface area contributed by atoms with Crippen molar-refractivity contribution in [3.05, 3.63) is 35.4 Å². The van der Waals surface area contributed by atoms with Crippen molar-refractivity contribution < 1.29 is 14.4 Å². The van der Waals surface area contributed by atoms with Crippen LogP contribution in [0, 0.1) is 12.8 Å². The van der Waals surface area contributed by atoms with Crippen LogP contribution in [0.15, 0.2) is 24.3 Å². The van der Waals surface area contributed by atoms with Crippen molar-refractivity contribution in [2.24, 2.45) is 5.92 Å². The van der Waals surface area contributed by atoms with E-state index < -0.39 is 12.1 Å². The molecule has 3 amide bonds. The summed E-state index contributed by atoms with van der Waals surface area (Å²) in [5, 5.41) is 8.26. The van der Waals surface area contributed by atoms with Crippen LogP contribution in [-0.2, 0) is 9.59 Å². The Morgan fingerprint density at radius 1 is 1.21 bits per heavy atom. The lowest BCUT2D eigenvalue weighted by Crippen LogP contribution is -2.56. The van der Waals surface area contributed by atoms with E-state index >= 15 is 0 Å². The number of carbonyl (C=O) groups excluding carboxylic acids is 3. The number of benzene rings is 1. The lowest BCUT2D eigenvalue weighted by molar-refractivity contribution is -0.131. The first kappa shape index (κ1) is 18.0. The minimum absolute atomic E-state index is 0.0916. The second-order valence-corrected chi connectivity index (χ2v) is 6.56. The lowest BCUT2D eigenvalue weighted by atomic mass is 10.0. The number of hydrogen-bond acceptors (Lipinski definition) is 3. The number of amides is 3. The van der Waals surface area contributed by atoms with Crippen molar-refractivity contribution in [2.75, 3.05) is 6.54 Å². The maximum atomic E-state index is 12.5. The highest BCUT2D eigenvalue weighted by molar-refractivity contribution is 5.98. The minimum Gasteiger partial charge on any atom is -0.354 e. The molecular formula is C18H25N3O3. The average molecular weight is 331 g/mol. The Kier molecular flexibility index (Phi) is 5.95. The first-order valence-electron chi connectivity index (χ1n) is 8.34. The van der Waals surface area contributed by atoms with Gasteiger partial charge in [0.05, 0.1) is 0 Å². The van der Waals surface area contributed by atoms with Gasteiger partial charge in [-0.25, -0.2) is 0 Å². The summed E-state index contributed by atoms with van der Waals surface area (Å²) in [6, 6.07) is 5.96. The summed E-state index contributed by atoms with van der Waals surface area (Å²) in [6.45, 7) is 6.31. The summed E-state index contributed by atoms with van der Waals surface area (Å²) >= 11 is 0. The highest BCUT2D eigenvalue weighted by Gasteiger charge is 2.30. The van der Waals surface area contributed by atoms with Crippen molar-refractivity contribution in [1.29, 1.82) is 0 Å². The van der Waals surface area contributed by atoms with Gasteiger partial charge >= 0.3 is 0 Å². The summed E-state index contributed by atoms with van der Waals surface area (Å²) in [6.07, 6.45) is 1.45. The zero-order chi connectivity index (χ0) is 17.7. The number of hydrogen-bond donors (Lipinski definition) is 3. The second kappa shape index (κ2) is 7.95. The van der Waals surface area contributed by atoms with Crippen molar-refractivity contribution in [3.8, 4) is 0 Å². The molecule has 1 aliphatic rings. The third kappa shape index (κ3) is 4.57. The summed E-state index contributed by atoms with van der Waals surface area (Å²) in [7, 11) is 0. The number of carbonyl (C=O) groups is 3. The van der Waals surface area contributed by atoms with Crippen LogP contribution in [0.4, 0.5) is 0 Å². The van der Waals surface area contributed by atoms with E-state index in [0.717, 1.165) is 12.0 Å². The highest BCUT2D eigenvalue weighted by atomic mass is 16.2. The molecule has 130 valence electrons. The Labute approximate surface area is 142 Å². The maximum absolute atomic E-state index is 12.5. The van der Waals surface area contributed by atoms with Gasteiger partial charge in [-0.2, -0.15) is 0 Å². The molecule has 0 radical (unpaired) electrons. The molecule has 0 aromatic heterocycles. The average Bonchev–Trinajstić information content (AvgIpc) is 2.54. The molecule has 2 atom stereocenters. The van der Waals surface area contributed by atoms with Gasteiger partial charge in [0.1, 0.15) is 12.1 Å². The standard InChI is InChI=1S/C18H25N3O3/c1-11(2)15(18(24)20-14-5-4-10-19-17(14)23)21-16(22)13-8-6-12(3)7-9-13/h6-9,11,14-15H,4-5,10H2,1-3H3,(H,19,23)(H,20,24)(H,21,22). The van der Waals surface area contributed by atoms with Crippen LogP contribution in [0.2, 0.25) is 0 Å². The van der Waals surface area contributed by atoms with Crippen LogP contribution in [0.1, 0.15) is 42.6 Å². The molecule has 24 heavy (non-hydrogen) atoms. The molecule has 0 bridgehead atoms. The van der Waals surface area contributed by atoms with Gasteiger partial charge in [-0.3, -0.25) is 14.4 Å². The summed E-state index contributed by atoms with van der Waals surface area (Å²) < 4.78 is 0. The predicted octanol–water partition coefficient (Wildman–Crippen LogP) is 1.14. The van der Waals surface area contributed by atoms with E-state index in [1.807, 2.05) is 32.9 Å². The van der Waals surface area contributed by atoms with E-state index in [-0.39, 0.29) is 23.6 Å². The van der Waals surface area contributed by atoms with Gasteiger partial charge < -0.3 is 16.0 Å². The number of aryl methyl sites for hydroxylation is 1. The molecule has 6 heteroatoms. The van der Waals surface area contributed by atoms with E-state index in [4.69, 9.17) is 0 Å². The minimum atomic E-state index is -0.687. The second-order valence-electron chi connectivity index (χ2n) is 6.56. The van der Waals surface area contributed by atoms with Crippen LogP contribution in [0.25, 0.3) is 0 Å². The molecule has 1 saturated heterocycles. The SMILES string of the molecule is Cc1ccc(C(=O)NC(C(=O)NC2CCCNC2=O)C(C)C)cc1. The molecule has 6 nitrogen and oxygen atoms in total. The fourth-order valence-corrected chi connectivity index (χ4v) is 2.64. The van der Waals surface area contributed by atoms with Gasteiger partial charge in [0, 0.05) is 12.1 Å². The lowest BCUT2D eigenvalue weighted by Gasteiger charge is -2.27. The molecule has 3 N–H and O–H groups in total. The van der Waals surface area contributed by atoms with E-state index in [1.165, 1.54) is 0 Å². The number of rotatable bonds is 5. The largest absolute Gasteiger partial charge is 0.354 e. The zero-order valence-corrected chi connectivity index (χ0v) is 14.4. The number of nitrogens with one attached hydrogen (secondary N) is 3. The summed E-state index contributed by atoms with van der Waals surface area (Å²) in [5.41, 5.74) is 1.57. The van der Waals surface area contributed by atoms with E-state index in [1.54, 1.807) is 12.1 Å². The monoisotopic (exact) mass is 331 g/mol. The van der Waals surface area contributed by atoms with Gasteiger partial charge in [-0.15, -0.1) is 0 Å². The van der Waals surface area contributed by atoms with Crippen molar-refractivity contribution >= 4 is 17.7 Å². The fraction of sp³-hybridized carbons (Fsp3) is 0.500. The fourth-order valence-electron chi connectivity index (χ4n) is 2.64. The highest BCUT2D eigenvalue weighted by Crippen LogP contribution is 2.09. The van der Waals surface area contributed by atoms with Crippen molar-refractivity contribution in [2.45, 2.75) is 45.7 Å². The molecule has 1 aromatic carbocycles. The summed E-state index contributed by atoms with van der Waals surface area (Å²) in [5.74, 6) is -0.877. The molecular weight excluding hydrogens is 306 g/mol. The molecule has 1 fully saturated rings. The van der Waals surface area contributed by atoms with E-state index in [9.17, 15) is 14.4 Å². The molecule has 1 aromatic rings. The molecule has 2 unspecified atom stereocenters. The Morgan fingerprint density at radius 3 is 2.46 bits per heavy atom. The topological polar surface area (TPSA) is 87.3 Å². The Bertz CT molecular complexity index is 610. The van der Waals surface area contributed by atoms with Crippen molar-refractivity contribution in [1.82, 2.24) is 16.0 Å². The quantitative estimate of drug-likeness (QED) is 0.756. The first-order valence-corrected chi connectivity index (χ1v) is 8.34.